The van der Waals surface area contributed by atoms with Gasteiger partial charge in [0.2, 0.25) is 5.91 Å². The summed E-state index contributed by atoms with van der Waals surface area (Å²) in [5.74, 6) is -6.05. The molecule has 0 saturated carbocycles. The van der Waals surface area contributed by atoms with E-state index in [0.29, 0.717) is 12.1 Å². The van der Waals surface area contributed by atoms with E-state index in [0.717, 1.165) is 0 Å². The van der Waals surface area contributed by atoms with Crippen LogP contribution in [0.4, 0.5) is 0 Å². The van der Waals surface area contributed by atoms with Crippen LogP contribution in [-0.4, -0.2) is 107 Å². The topological polar surface area (TPSA) is 158 Å². The Labute approximate surface area is 298 Å². The number of amides is 1. The van der Waals surface area contributed by atoms with Gasteiger partial charge in [0.1, 0.15) is 30.0 Å². The fourth-order valence-corrected chi connectivity index (χ4v) is 8.77. The van der Waals surface area contributed by atoms with Crippen molar-refractivity contribution in [3.8, 4) is 0 Å². The highest BCUT2D eigenvalue weighted by Gasteiger charge is 2.52. The quantitative estimate of drug-likeness (QED) is 0.309. The normalized spacial score (nSPS) is 42.0. The zero-order chi connectivity index (χ0) is 37.9. The molecule has 3 saturated heterocycles. The summed E-state index contributed by atoms with van der Waals surface area (Å²) >= 11 is 0. The van der Waals surface area contributed by atoms with Crippen LogP contribution in [0.3, 0.4) is 0 Å². The van der Waals surface area contributed by atoms with Crippen LogP contribution in [0.5, 0.6) is 0 Å². The highest BCUT2D eigenvalue weighted by Crippen LogP contribution is 2.43. The number of aliphatic imine (C=N–C) groups is 1. The number of carbonyl (C=O) groups excluding carboxylic acids is 5. The lowest BCUT2D eigenvalue weighted by atomic mass is 9.68. The van der Waals surface area contributed by atoms with Crippen LogP contribution in [-0.2, 0) is 42.9 Å². The van der Waals surface area contributed by atoms with Gasteiger partial charge in [-0.2, -0.15) is 0 Å². The maximum atomic E-state index is 14.3. The maximum absolute atomic E-state index is 14.3. The minimum atomic E-state index is -1.63. The zero-order valence-corrected chi connectivity index (χ0v) is 32.3. The van der Waals surface area contributed by atoms with Crippen LogP contribution in [0.15, 0.2) is 4.99 Å². The minimum Gasteiger partial charge on any atom is -0.459 e. The Hall–Kier alpha value is -2.38. The van der Waals surface area contributed by atoms with Gasteiger partial charge in [0.15, 0.2) is 17.9 Å². The summed E-state index contributed by atoms with van der Waals surface area (Å²) in [4.78, 5) is 73.4. The molecule has 50 heavy (non-hydrogen) atoms. The number of carbonyl (C=O) groups is 5. The molecule has 12 nitrogen and oxygen atoms in total. The molecular weight excluding hydrogens is 644 g/mol. The first kappa shape index (κ1) is 42.0. The number of hydrogen-bond donors (Lipinski definition) is 1. The maximum Gasteiger partial charge on any atom is 0.316 e. The summed E-state index contributed by atoms with van der Waals surface area (Å²) in [5, 5.41) is 12.2. The van der Waals surface area contributed by atoms with Crippen molar-refractivity contribution in [1.29, 1.82) is 0 Å². The number of fused-ring (bicyclic) bond motifs is 5. The lowest BCUT2D eigenvalue weighted by Gasteiger charge is -2.48. The molecule has 13 atom stereocenters. The van der Waals surface area contributed by atoms with E-state index in [1.807, 2.05) is 34.9 Å². The Morgan fingerprint density at radius 1 is 1.04 bits per heavy atom. The van der Waals surface area contributed by atoms with Gasteiger partial charge in [0.05, 0.1) is 17.8 Å². The van der Waals surface area contributed by atoms with Crippen molar-refractivity contribution in [1.82, 2.24) is 4.90 Å². The molecule has 3 rings (SSSR count). The van der Waals surface area contributed by atoms with Crippen molar-refractivity contribution in [3.63, 3.8) is 0 Å². The van der Waals surface area contributed by atoms with Crippen LogP contribution in [0.2, 0.25) is 0 Å². The summed E-state index contributed by atoms with van der Waals surface area (Å²) in [7, 11) is 3.89. The molecule has 0 aliphatic carbocycles. The molecule has 0 aromatic carbocycles. The van der Waals surface area contributed by atoms with E-state index in [4.69, 9.17) is 18.9 Å². The molecule has 1 unspecified atom stereocenters. The number of Topliss-reactive ketones (excluding diaryl/α,β-unsaturated/α-hetero) is 3. The fraction of sp³-hybridized carbons (Fsp3) is 0.842. The van der Waals surface area contributed by atoms with E-state index < -0.39 is 76.9 Å². The van der Waals surface area contributed by atoms with Crippen molar-refractivity contribution in [2.75, 3.05) is 20.7 Å². The number of nitrogens with zero attached hydrogens (tertiary/aromatic N) is 2. The largest absolute Gasteiger partial charge is 0.459 e. The number of aliphatic hydroxyl groups is 1. The molecule has 3 heterocycles. The highest BCUT2D eigenvalue weighted by atomic mass is 16.7. The predicted octanol–water partition coefficient (Wildman–Crippen LogP) is 4.36. The first-order valence-electron chi connectivity index (χ1n) is 18.3. The molecule has 284 valence electrons. The molecule has 12 heteroatoms. The molecule has 0 aromatic rings. The first-order valence-corrected chi connectivity index (χ1v) is 18.3. The lowest BCUT2D eigenvalue weighted by molar-refractivity contribution is -0.285. The van der Waals surface area contributed by atoms with E-state index >= 15 is 0 Å². The molecule has 1 amide bonds. The van der Waals surface area contributed by atoms with Crippen molar-refractivity contribution < 1.29 is 48.0 Å². The van der Waals surface area contributed by atoms with Gasteiger partial charge in [-0.05, 0) is 86.2 Å². The number of cyclic esters (lactones) is 1. The third-order valence-electron chi connectivity index (χ3n) is 11.4. The number of esters is 1. The molecule has 3 aliphatic heterocycles. The monoisotopic (exact) mass is 706 g/mol. The summed E-state index contributed by atoms with van der Waals surface area (Å²) in [6, 6.07) is -0.0706. The molecule has 3 fully saturated rings. The third-order valence-corrected chi connectivity index (χ3v) is 11.4. The van der Waals surface area contributed by atoms with Crippen molar-refractivity contribution >= 4 is 34.9 Å². The predicted molar refractivity (Wildman–Crippen MR) is 187 cm³/mol. The standard InChI is InChI=1S/C38H62N2O10/c1-13-31-38(10,46)29-15-14-27(43)19-47-37(9,18-20(2)32(23(29)5)39-26(8)42)34(24(6)33(44)25(7)35(45)49-31)50-36-28(16-21(3)41)30(40(11)12)17-22(4)48-36/h20,22-25,28-31,34,36,46H,13-19H2,1-12H3/t20-,22-,23-,24?,25-,28-,29-,30+,31-,34-,36+,37-,38+/m1/s1. The van der Waals surface area contributed by atoms with Gasteiger partial charge in [-0.1, -0.05) is 27.7 Å². The Morgan fingerprint density at radius 3 is 2.24 bits per heavy atom. The van der Waals surface area contributed by atoms with E-state index in [9.17, 15) is 29.1 Å². The molecule has 2 bridgehead atoms. The average molecular weight is 707 g/mol. The second-order valence-electron chi connectivity index (χ2n) is 15.9. The Morgan fingerprint density at radius 2 is 1.68 bits per heavy atom. The third kappa shape index (κ3) is 9.53. The number of hydrogen-bond acceptors (Lipinski definition) is 11. The number of ketones is 3. The van der Waals surface area contributed by atoms with Gasteiger partial charge in [0, 0.05) is 49.3 Å². The van der Waals surface area contributed by atoms with E-state index in [1.165, 1.54) is 20.8 Å². The van der Waals surface area contributed by atoms with Gasteiger partial charge >= 0.3 is 5.97 Å². The molecule has 0 radical (unpaired) electrons. The van der Waals surface area contributed by atoms with Crippen LogP contribution in [0, 0.1) is 35.5 Å². The van der Waals surface area contributed by atoms with E-state index in [1.54, 1.807) is 27.7 Å². The second kappa shape index (κ2) is 17.0. The molecular formula is C38H62N2O10. The Bertz CT molecular complexity index is 1300. The van der Waals surface area contributed by atoms with E-state index in [-0.39, 0.29) is 68.3 Å². The van der Waals surface area contributed by atoms with Crippen LogP contribution in [0.25, 0.3) is 0 Å². The molecule has 0 aromatic heterocycles. The van der Waals surface area contributed by atoms with Crippen LogP contribution < -0.4 is 0 Å². The van der Waals surface area contributed by atoms with Crippen LogP contribution in [0.1, 0.15) is 108 Å². The van der Waals surface area contributed by atoms with Gasteiger partial charge in [-0.25, -0.2) is 4.99 Å². The zero-order valence-electron chi connectivity index (χ0n) is 32.3. The summed E-state index contributed by atoms with van der Waals surface area (Å²) in [6.45, 7) is 16.7. The van der Waals surface area contributed by atoms with Crippen molar-refractivity contribution in [2.45, 2.75) is 150 Å². The fourth-order valence-electron chi connectivity index (χ4n) is 8.77. The minimum absolute atomic E-state index is 0.0354. The van der Waals surface area contributed by atoms with Crippen molar-refractivity contribution in [3.05, 3.63) is 0 Å². The summed E-state index contributed by atoms with van der Waals surface area (Å²) in [6.07, 6.45) is -1.68. The second-order valence-corrected chi connectivity index (χ2v) is 15.9. The van der Waals surface area contributed by atoms with Gasteiger partial charge < -0.3 is 33.7 Å². The molecule has 0 spiro atoms. The smallest absolute Gasteiger partial charge is 0.316 e. The van der Waals surface area contributed by atoms with Gasteiger partial charge in [0.25, 0.3) is 0 Å². The molecule has 1 N–H and O–H groups in total. The van der Waals surface area contributed by atoms with E-state index in [2.05, 4.69) is 9.89 Å². The first-order chi connectivity index (χ1) is 23.1. The van der Waals surface area contributed by atoms with Crippen LogP contribution >= 0.6 is 0 Å². The Balaban J connectivity index is 2.32. The van der Waals surface area contributed by atoms with Gasteiger partial charge in [-0.3, -0.25) is 19.2 Å². The Kier molecular flexibility index (Phi) is 14.3. The highest BCUT2D eigenvalue weighted by molar-refractivity contribution is 6.00. The number of rotatable bonds is 6. The SMILES string of the molecule is CC[C@H]1OC(=O)[C@H](C)C(=O)C(C)[C@@H](O[C@@H]2O[C@H](C)C[C@H](N(C)C)[C@H]2CC(C)=O)[C@@]2(C)C[C@@H](C)C(=NC(C)=O)[C@H](C)[C@@H](CCC(=O)CO2)[C@]1(C)O. The van der Waals surface area contributed by atoms with Gasteiger partial charge in [-0.15, -0.1) is 0 Å². The molecule has 3 aliphatic rings. The summed E-state index contributed by atoms with van der Waals surface area (Å²) in [5.41, 5.74) is -2.46. The lowest BCUT2D eigenvalue weighted by Crippen LogP contribution is -2.58. The average Bonchev–Trinajstić information content (AvgIpc) is 3.03. The van der Waals surface area contributed by atoms with Crippen molar-refractivity contribution in [2.24, 2.45) is 40.5 Å². The number of ether oxygens (including phenoxy) is 4. The summed E-state index contributed by atoms with van der Waals surface area (Å²) < 4.78 is 25.9.